The minimum atomic E-state index is -3.61. The van der Waals surface area contributed by atoms with Crippen LogP contribution in [-0.4, -0.2) is 29.7 Å². The van der Waals surface area contributed by atoms with Crippen molar-refractivity contribution in [3.05, 3.63) is 51.7 Å². The molecule has 0 fully saturated rings. The smallest absolute Gasteiger partial charge is 0.244 e. The van der Waals surface area contributed by atoms with E-state index >= 15 is 0 Å². The second kappa shape index (κ2) is 8.10. The van der Waals surface area contributed by atoms with Gasteiger partial charge in [-0.15, -0.1) is 11.3 Å². The summed E-state index contributed by atoms with van der Waals surface area (Å²) in [5, 5.41) is 7.69. The second-order valence-corrected chi connectivity index (χ2v) is 9.06. The number of nitrogens with zero attached hydrogens (tertiary/aromatic N) is 3. The minimum absolute atomic E-state index is 0.263. The maximum atomic E-state index is 12.7. The molecule has 1 aromatic carbocycles. The second-order valence-electron chi connectivity index (χ2n) is 6.09. The van der Waals surface area contributed by atoms with Crippen molar-refractivity contribution in [1.29, 1.82) is 0 Å². The first-order valence-corrected chi connectivity index (χ1v) is 11.3. The third-order valence-corrected chi connectivity index (χ3v) is 7.18. The Labute approximate surface area is 168 Å². The van der Waals surface area contributed by atoms with E-state index in [0.717, 1.165) is 16.3 Å². The molecule has 0 atom stereocenters. The van der Waals surface area contributed by atoms with E-state index in [-0.39, 0.29) is 11.4 Å². The molecule has 0 bridgehead atoms. The van der Waals surface area contributed by atoms with Crippen molar-refractivity contribution in [3.8, 4) is 10.6 Å². The molecular formula is C18H21ClN4O2S2. The molecule has 3 aromatic rings. The number of hydrogen-bond donors (Lipinski definition) is 1. The third kappa shape index (κ3) is 4.24. The van der Waals surface area contributed by atoms with Crippen molar-refractivity contribution >= 4 is 33.0 Å². The Morgan fingerprint density at radius 2 is 2.00 bits per heavy atom. The third-order valence-electron chi connectivity index (χ3n) is 4.21. The summed E-state index contributed by atoms with van der Waals surface area (Å²) in [7, 11) is -3.61. The molecule has 0 aliphatic rings. The van der Waals surface area contributed by atoms with Gasteiger partial charge in [-0.1, -0.05) is 29.8 Å². The number of halogens is 1. The lowest BCUT2D eigenvalue weighted by Gasteiger charge is -2.07. The SMILES string of the molecule is CCn1nc(C)c(S(=O)(=O)NCCc2csc(-c3ccccc3Cl)n2)c1C. The van der Waals surface area contributed by atoms with E-state index < -0.39 is 10.0 Å². The number of aromatic nitrogens is 3. The zero-order valence-corrected chi connectivity index (χ0v) is 17.7. The van der Waals surface area contributed by atoms with Crippen LogP contribution in [0.2, 0.25) is 5.02 Å². The van der Waals surface area contributed by atoms with Gasteiger partial charge in [0, 0.05) is 30.5 Å². The van der Waals surface area contributed by atoms with E-state index in [0.29, 0.717) is 29.4 Å². The molecule has 27 heavy (non-hydrogen) atoms. The molecule has 0 aliphatic heterocycles. The average Bonchev–Trinajstić information content (AvgIpc) is 3.19. The molecule has 144 valence electrons. The summed E-state index contributed by atoms with van der Waals surface area (Å²) in [5.41, 5.74) is 2.87. The zero-order chi connectivity index (χ0) is 19.6. The lowest BCUT2D eigenvalue weighted by atomic mass is 10.2. The average molecular weight is 425 g/mol. The highest BCUT2D eigenvalue weighted by molar-refractivity contribution is 7.89. The van der Waals surface area contributed by atoms with Crippen LogP contribution in [-0.2, 0) is 23.0 Å². The number of aryl methyl sites for hydroxylation is 2. The molecule has 2 aromatic heterocycles. The van der Waals surface area contributed by atoms with Gasteiger partial charge in [0.15, 0.2) is 0 Å². The van der Waals surface area contributed by atoms with E-state index in [9.17, 15) is 8.42 Å². The number of rotatable bonds is 7. The fraction of sp³-hybridized carbons (Fsp3) is 0.333. The van der Waals surface area contributed by atoms with E-state index in [1.165, 1.54) is 11.3 Å². The molecule has 0 unspecified atom stereocenters. The van der Waals surface area contributed by atoms with Crippen LogP contribution in [0.1, 0.15) is 24.0 Å². The van der Waals surface area contributed by atoms with E-state index in [4.69, 9.17) is 11.6 Å². The summed E-state index contributed by atoms with van der Waals surface area (Å²) in [6.45, 7) is 6.32. The van der Waals surface area contributed by atoms with Crippen molar-refractivity contribution in [3.63, 3.8) is 0 Å². The molecule has 2 heterocycles. The first-order chi connectivity index (χ1) is 12.8. The van der Waals surface area contributed by atoms with E-state index in [1.807, 2.05) is 36.6 Å². The highest BCUT2D eigenvalue weighted by atomic mass is 35.5. The quantitative estimate of drug-likeness (QED) is 0.625. The summed E-state index contributed by atoms with van der Waals surface area (Å²) in [6.07, 6.45) is 0.500. The van der Waals surface area contributed by atoms with Gasteiger partial charge in [-0.2, -0.15) is 5.10 Å². The summed E-state index contributed by atoms with van der Waals surface area (Å²) in [5.74, 6) is 0. The van der Waals surface area contributed by atoms with Crippen molar-refractivity contribution in [1.82, 2.24) is 19.5 Å². The fourth-order valence-corrected chi connectivity index (χ4v) is 5.56. The minimum Gasteiger partial charge on any atom is -0.268 e. The standard InChI is InChI=1S/C18H21ClN4O2S2/c1-4-23-13(3)17(12(2)22-23)27(24,25)20-10-9-14-11-26-18(21-14)15-7-5-6-8-16(15)19/h5-8,11,20H,4,9-10H2,1-3H3. The normalized spacial score (nSPS) is 11.9. The Morgan fingerprint density at radius 3 is 2.67 bits per heavy atom. The van der Waals surface area contributed by atoms with E-state index in [1.54, 1.807) is 18.5 Å². The molecule has 1 N–H and O–H groups in total. The Kier molecular flexibility index (Phi) is 6.00. The van der Waals surface area contributed by atoms with Gasteiger partial charge in [-0.25, -0.2) is 18.1 Å². The van der Waals surface area contributed by atoms with Gasteiger partial charge in [0.1, 0.15) is 9.90 Å². The Bertz CT molecular complexity index is 1060. The predicted molar refractivity (Wildman–Crippen MR) is 109 cm³/mol. The van der Waals surface area contributed by atoms with Crippen LogP contribution < -0.4 is 4.72 Å². The Balaban J connectivity index is 1.68. The summed E-state index contributed by atoms with van der Waals surface area (Å²) < 4.78 is 29.7. The highest BCUT2D eigenvalue weighted by Crippen LogP contribution is 2.30. The van der Waals surface area contributed by atoms with Gasteiger partial charge in [0.25, 0.3) is 0 Å². The number of nitrogens with one attached hydrogen (secondary N) is 1. The maximum absolute atomic E-state index is 12.7. The maximum Gasteiger partial charge on any atom is 0.244 e. The monoisotopic (exact) mass is 424 g/mol. The van der Waals surface area contributed by atoms with Crippen molar-refractivity contribution in [2.75, 3.05) is 6.54 Å². The molecule has 0 saturated carbocycles. The van der Waals surface area contributed by atoms with Crippen molar-refractivity contribution in [2.24, 2.45) is 0 Å². The Hall–Kier alpha value is -1.74. The van der Waals surface area contributed by atoms with Crippen molar-refractivity contribution < 1.29 is 8.42 Å². The van der Waals surface area contributed by atoms with Gasteiger partial charge in [0.05, 0.1) is 22.1 Å². The van der Waals surface area contributed by atoms with Gasteiger partial charge >= 0.3 is 0 Å². The van der Waals surface area contributed by atoms with Crippen LogP contribution in [0, 0.1) is 13.8 Å². The highest BCUT2D eigenvalue weighted by Gasteiger charge is 2.23. The molecule has 0 radical (unpaired) electrons. The van der Waals surface area contributed by atoms with Gasteiger partial charge < -0.3 is 0 Å². The number of sulfonamides is 1. The van der Waals surface area contributed by atoms with Crippen LogP contribution in [0.5, 0.6) is 0 Å². The van der Waals surface area contributed by atoms with Crippen LogP contribution >= 0.6 is 22.9 Å². The molecule has 0 saturated heterocycles. The van der Waals surface area contributed by atoms with Crippen molar-refractivity contribution in [2.45, 2.75) is 38.6 Å². The molecule has 0 aliphatic carbocycles. The van der Waals surface area contributed by atoms with Gasteiger partial charge in [-0.3, -0.25) is 4.68 Å². The summed E-state index contributed by atoms with van der Waals surface area (Å²) in [4.78, 5) is 4.83. The topological polar surface area (TPSA) is 76.9 Å². The van der Waals surface area contributed by atoms with E-state index in [2.05, 4.69) is 14.8 Å². The summed E-state index contributed by atoms with van der Waals surface area (Å²) >= 11 is 7.71. The molecule has 6 nitrogen and oxygen atoms in total. The van der Waals surface area contributed by atoms with Gasteiger partial charge in [-0.05, 0) is 26.8 Å². The first-order valence-electron chi connectivity index (χ1n) is 8.56. The molecule has 9 heteroatoms. The molecular weight excluding hydrogens is 404 g/mol. The first kappa shape index (κ1) is 20.0. The van der Waals surface area contributed by atoms with Crippen LogP contribution in [0.25, 0.3) is 10.6 Å². The number of benzene rings is 1. The Morgan fingerprint density at radius 1 is 1.26 bits per heavy atom. The lowest BCUT2D eigenvalue weighted by molar-refractivity contribution is 0.579. The number of hydrogen-bond acceptors (Lipinski definition) is 5. The molecule has 3 rings (SSSR count). The zero-order valence-electron chi connectivity index (χ0n) is 15.4. The molecule has 0 spiro atoms. The van der Waals surface area contributed by atoms with Gasteiger partial charge in [0.2, 0.25) is 10.0 Å². The fourth-order valence-electron chi connectivity index (χ4n) is 2.94. The van der Waals surface area contributed by atoms with Crippen LogP contribution in [0.4, 0.5) is 0 Å². The molecule has 0 amide bonds. The number of thiazole rings is 1. The predicted octanol–water partition coefficient (Wildman–Crippen LogP) is 3.82. The lowest BCUT2D eigenvalue weighted by Crippen LogP contribution is -2.27. The largest absolute Gasteiger partial charge is 0.268 e. The van der Waals surface area contributed by atoms with Crippen LogP contribution in [0.3, 0.4) is 0 Å². The van der Waals surface area contributed by atoms with Crippen LogP contribution in [0.15, 0.2) is 34.5 Å². The summed E-state index contributed by atoms with van der Waals surface area (Å²) in [6, 6.07) is 7.54.